The van der Waals surface area contributed by atoms with Gasteiger partial charge in [0.05, 0.1) is 0 Å². The lowest BCUT2D eigenvalue weighted by Crippen LogP contribution is -2.39. The minimum absolute atomic E-state index is 0. The number of hydrogen-bond acceptors (Lipinski definition) is 2. The Kier molecular flexibility index (Phi) is 11.8. The Morgan fingerprint density at radius 3 is 2.81 bits per heavy atom. The molecule has 2 rings (SSSR count). The molecular formula is C20H34FIN4. The monoisotopic (exact) mass is 476 g/mol. The summed E-state index contributed by atoms with van der Waals surface area (Å²) in [7, 11) is 1.78. The van der Waals surface area contributed by atoms with Crippen LogP contribution in [-0.2, 0) is 6.42 Å². The highest BCUT2D eigenvalue weighted by atomic mass is 127. The van der Waals surface area contributed by atoms with Gasteiger partial charge in [0.25, 0.3) is 0 Å². The minimum atomic E-state index is -0.178. The first-order valence-corrected chi connectivity index (χ1v) is 9.58. The Morgan fingerprint density at radius 1 is 1.27 bits per heavy atom. The van der Waals surface area contributed by atoms with Gasteiger partial charge in [-0.3, -0.25) is 4.99 Å². The molecule has 0 aromatic heterocycles. The number of nitrogens with zero attached hydrogens (tertiary/aromatic N) is 2. The molecule has 0 saturated carbocycles. The van der Waals surface area contributed by atoms with Crippen LogP contribution in [0.3, 0.4) is 0 Å². The summed E-state index contributed by atoms with van der Waals surface area (Å²) in [6.45, 7) is 7.76. The summed E-state index contributed by atoms with van der Waals surface area (Å²) in [6, 6.07) is 6.75. The van der Waals surface area contributed by atoms with Crippen molar-refractivity contribution < 1.29 is 4.39 Å². The predicted octanol–water partition coefficient (Wildman–Crippen LogP) is 3.66. The molecule has 1 aromatic rings. The first-order valence-electron chi connectivity index (χ1n) is 9.58. The predicted molar refractivity (Wildman–Crippen MR) is 119 cm³/mol. The highest BCUT2D eigenvalue weighted by molar-refractivity contribution is 14.0. The average molecular weight is 476 g/mol. The number of hydrogen-bond donors (Lipinski definition) is 2. The minimum Gasteiger partial charge on any atom is -0.356 e. The van der Waals surface area contributed by atoms with Gasteiger partial charge < -0.3 is 15.5 Å². The Morgan fingerprint density at radius 2 is 2.08 bits per heavy atom. The second kappa shape index (κ2) is 13.3. The van der Waals surface area contributed by atoms with Crippen LogP contribution < -0.4 is 10.6 Å². The lowest BCUT2D eigenvalue weighted by atomic mass is 10.0. The fraction of sp³-hybridized carbons (Fsp3) is 0.650. The second-order valence-electron chi connectivity index (χ2n) is 7.06. The molecular weight excluding hydrogens is 442 g/mol. The van der Waals surface area contributed by atoms with Crippen LogP contribution in [-0.4, -0.2) is 50.6 Å². The van der Waals surface area contributed by atoms with Crippen LogP contribution >= 0.6 is 24.0 Å². The SMILES string of the molecule is CN=C(NCCCCN1CCCC(C)C1)NCCc1cccc(F)c1.I. The van der Waals surface area contributed by atoms with Gasteiger partial charge in [0.15, 0.2) is 5.96 Å². The molecule has 1 heterocycles. The smallest absolute Gasteiger partial charge is 0.190 e. The molecule has 1 saturated heterocycles. The van der Waals surface area contributed by atoms with E-state index < -0.39 is 0 Å². The van der Waals surface area contributed by atoms with Crippen LogP contribution in [0.4, 0.5) is 4.39 Å². The van der Waals surface area contributed by atoms with Crippen molar-refractivity contribution >= 4 is 29.9 Å². The molecule has 1 atom stereocenters. The quantitative estimate of drug-likeness (QED) is 0.261. The normalized spacial score (nSPS) is 18.3. The van der Waals surface area contributed by atoms with Gasteiger partial charge >= 0.3 is 0 Å². The molecule has 1 fully saturated rings. The summed E-state index contributed by atoms with van der Waals surface area (Å²) in [5.41, 5.74) is 0.999. The van der Waals surface area contributed by atoms with E-state index >= 15 is 0 Å². The van der Waals surface area contributed by atoms with Gasteiger partial charge in [0, 0.05) is 26.7 Å². The van der Waals surface area contributed by atoms with Crippen molar-refractivity contribution in [3.05, 3.63) is 35.6 Å². The first-order chi connectivity index (χ1) is 12.2. The third-order valence-electron chi connectivity index (χ3n) is 4.75. The molecule has 148 valence electrons. The Bertz CT molecular complexity index is 538. The molecule has 1 aliphatic heterocycles. The fourth-order valence-electron chi connectivity index (χ4n) is 3.40. The van der Waals surface area contributed by atoms with Crippen molar-refractivity contribution in [1.29, 1.82) is 0 Å². The molecule has 0 amide bonds. The third-order valence-corrected chi connectivity index (χ3v) is 4.75. The average Bonchev–Trinajstić information content (AvgIpc) is 2.60. The van der Waals surface area contributed by atoms with Crippen LogP contribution in [0, 0.1) is 11.7 Å². The van der Waals surface area contributed by atoms with Crippen molar-refractivity contribution in [1.82, 2.24) is 15.5 Å². The maximum absolute atomic E-state index is 13.2. The molecule has 1 aliphatic rings. The first kappa shape index (κ1) is 23.1. The van der Waals surface area contributed by atoms with Crippen LogP contribution in [0.5, 0.6) is 0 Å². The van der Waals surface area contributed by atoms with E-state index in [4.69, 9.17) is 0 Å². The summed E-state index contributed by atoms with van der Waals surface area (Å²) >= 11 is 0. The molecule has 26 heavy (non-hydrogen) atoms. The summed E-state index contributed by atoms with van der Waals surface area (Å²) in [5.74, 6) is 1.50. The number of unbranched alkanes of at least 4 members (excludes halogenated alkanes) is 1. The van der Waals surface area contributed by atoms with Gasteiger partial charge in [-0.25, -0.2) is 4.39 Å². The molecule has 6 heteroatoms. The molecule has 0 radical (unpaired) electrons. The third kappa shape index (κ3) is 9.16. The molecule has 1 unspecified atom stereocenters. The number of likely N-dealkylation sites (tertiary alicyclic amines) is 1. The van der Waals surface area contributed by atoms with E-state index in [2.05, 4.69) is 27.4 Å². The van der Waals surface area contributed by atoms with Gasteiger partial charge in [0.1, 0.15) is 5.82 Å². The van der Waals surface area contributed by atoms with Gasteiger partial charge in [-0.15, -0.1) is 24.0 Å². The number of aliphatic imine (C=N–C) groups is 1. The number of halogens is 2. The molecule has 0 bridgehead atoms. The summed E-state index contributed by atoms with van der Waals surface area (Å²) < 4.78 is 13.2. The topological polar surface area (TPSA) is 39.7 Å². The van der Waals surface area contributed by atoms with Crippen molar-refractivity contribution in [2.24, 2.45) is 10.9 Å². The lowest BCUT2D eigenvalue weighted by molar-refractivity contribution is 0.181. The molecule has 2 N–H and O–H groups in total. The van der Waals surface area contributed by atoms with Gasteiger partial charge in [0.2, 0.25) is 0 Å². The lowest BCUT2D eigenvalue weighted by Gasteiger charge is -2.30. The second-order valence-corrected chi connectivity index (χ2v) is 7.06. The zero-order valence-electron chi connectivity index (χ0n) is 16.1. The van der Waals surface area contributed by atoms with Crippen molar-refractivity contribution in [3.8, 4) is 0 Å². The molecule has 1 aromatic carbocycles. The molecule has 4 nitrogen and oxygen atoms in total. The standard InChI is InChI=1S/C20H33FN4.HI/c1-17-7-6-14-25(16-17)13-4-3-11-23-20(22-2)24-12-10-18-8-5-9-19(21)15-18;/h5,8-9,15,17H,3-4,6-7,10-14,16H2,1-2H3,(H2,22,23,24);1H. The van der Waals surface area contributed by atoms with Crippen LogP contribution in [0.1, 0.15) is 38.2 Å². The van der Waals surface area contributed by atoms with E-state index in [9.17, 15) is 4.39 Å². The largest absolute Gasteiger partial charge is 0.356 e. The van der Waals surface area contributed by atoms with Crippen LogP contribution in [0.15, 0.2) is 29.3 Å². The van der Waals surface area contributed by atoms with E-state index in [1.165, 1.54) is 45.0 Å². The number of guanidine groups is 1. The maximum atomic E-state index is 13.2. The van der Waals surface area contributed by atoms with Crippen LogP contribution in [0.2, 0.25) is 0 Å². The van der Waals surface area contributed by atoms with E-state index in [1.54, 1.807) is 19.2 Å². The summed E-state index contributed by atoms with van der Waals surface area (Å²) in [5, 5.41) is 6.65. The van der Waals surface area contributed by atoms with E-state index in [-0.39, 0.29) is 29.8 Å². The number of rotatable bonds is 8. The number of benzene rings is 1. The van der Waals surface area contributed by atoms with Crippen molar-refractivity contribution in [3.63, 3.8) is 0 Å². The zero-order valence-corrected chi connectivity index (χ0v) is 18.5. The maximum Gasteiger partial charge on any atom is 0.190 e. The van der Waals surface area contributed by atoms with Gasteiger partial charge in [-0.1, -0.05) is 19.1 Å². The fourth-order valence-corrected chi connectivity index (χ4v) is 3.40. The van der Waals surface area contributed by atoms with E-state index in [0.29, 0.717) is 0 Å². The molecule has 0 spiro atoms. The Labute approximate surface area is 175 Å². The van der Waals surface area contributed by atoms with E-state index in [1.807, 2.05) is 6.07 Å². The molecule has 0 aliphatic carbocycles. The number of nitrogens with one attached hydrogen (secondary N) is 2. The number of piperidine rings is 1. The van der Waals surface area contributed by atoms with E-state index in [0.717, 1.165) is 43.4 Å². The van der Waals surface area contributed by atoms with Gasteiger partial charge in [-0.05, 0) is 68.8 Å². The van der Waals surface area contributed by atoms with Gasteiger partial charge in [-0.2, -0.15) is 0 Å². The van der Waals surface area contributed by atoms with Crippen molar-refractivity contribution in [2.75, 3.05) is 39.8 Å². The summed E-state index contributed by atoms with van der Waals surface area (Å²) in [6.07, 6.45) is 5.89. The summed E-state index contributed by atoms with van der Waals surface area (Å²) in [4.78, 5) is 6.84. The van der Waals surface area contributed by atoms with Crippen LogP contribution in [0.25, 0.3) is 0 Å². The van der Waals surface area contributed by atoms with Crippen molar-refractivity contribution in [2.45, 2.75) is 39.0 Å². The zero-order chi connectivity index (χ0) is 17.9. The Hall–Kier alpha value is -0.890. The Balaban J connectivity index is 0.00000338. The highest BCUT2D eigenvalue weighted by Gasteiger charge is 2.15. The highest BCUT2D eigenvalue weighted by Crippen LogP contribution is 2.15.